The number of fused-ring (bicyclic) bond motifs is 1. The second kappa shape index (κ2) is 6.89. The Morgan fingerprint density at radius 1 is 1.08 bits per heavy atom. The van der Waals surface area contributed by atoms with Crippen molar-refractivity contribution >= 4 is 21.6 Å². The minimum atomic E-state index is 0.139. The maximum Gasteiger partial charge on any atom is 0.124 e. The van der Waals surface area contributed by atoms with Gasteiger partial charge in [-0.1, -0.05) is 30.3 Å². The standard InChI is InChI=1S/C19H21N3OS/c1-23-16-8-4-2-6-14(16)18(22-12-10-20-11-13-22)19-21-15-7-3-5-9-17(15)24-19/h2-9,18,20H,10-13H2,1H3. The third-order valence-electron chi connectivity index (χ3n) is 4.49. The Labute approximate surface area is 146 Å². The van der Waals surface area contributed by atoms with Crippen LogP contribution in [-0.4, -0.2) is 43.2 Å². The summed E-state index contributed by atoms with van der Waals surface area (Å²) in [5.41, 5.74) is 2.27. The number of rotatable bonds is 4. The molecule has 1 N–H and O–H groups in total. The van der Waals surface area contributed by atoms with Crippen molar-refractivity contribution < 1.29 is 4.74 Å². The molecule has 0 spiro atoms. The Balaban J connectivity index is 1.83. The average Bonchev–Trinajstić information content (AvgIpc) is 3.07. The molecule has 0 amide bonds. The molecule has 1 atom stereocenters. The van der Waals surface area contributed by atoms with Crippen LogP contribution in [0.3, 0.4) is 0 Å². The van der Waals surface area contributed by atoms with Crippen molar-refractivity contribution in [2.75, 3.05) is 33.3 Å². The Hall–Kier alpha value is -1.95. The van der Waals surface area contributed by atoms with Gasteiger partial charge in [0.05, 0.1) is 23.4 Å². The zero-order valence-electron chi connectivity index (χ0n) is 13.7. The van der Waals surface area contributed by atoms with Crippen molar-refractivity contribution in [1.82, 2.24) is 15.2 Å². The molecule has 1 aromatic heterocycles. The van der Waals surface area contributed by atoms with Crippen molar-refractivity contribution in [2.24, 2.45) is 0 Å². The largest absolute Gasteiger partial charge is 0.496 e. The summed E-state index contributed by atoms with van der Waals surface area (Å²) < 4.78 is 6.89. The van der Waals surface area contributed by atoms with Gasteiger partial charge in [-0.15, -0.1) is 11.3 Å². The molecule has 1 unspecified atom stereocenters. The number of thiazole rings is 1. The molecule has 24 heavy (non-hydrogen) atoms. The van der Waals surface area contributed by atoms with Crippen LogP contribution in [-0.2, 0) is 0 Å². The third kappa shape index (κ3) is 2.90. The van der Waals surface area contributed by atoms with Gasteiger partial charge in [-0.2, -0.15) is 0 Å². The zero-order valence-corrected chi connectivity index (χ0v) is 14.6. The number of hydrogen-bond donors (Lipinski definition) is 1. The highest BCUT2D eigenvalue weighted by molar-refractivity contribution is 7.18. The van der Waals surface area contributed by atoms with E-state index < -0.39 is 0 Å². The van der Waals surface area contributed by atoms with Gasteiger partial charge >= 0.3 is 0 Å². The lowest BCUT2D eigenvalue weighted by atomic mass is 10.0. The molecule has 0 aliphatic carbocycles. The number of aromatic nitrogens is 1. The fourth-order valence-corrected chi connectivity index (χ4v) is 4.45. The predicted molar refractivity (Wildman–Crippen MR) is 98.9 cm³/mol. The molecule has 0 saturated carbocycles. The van der Waals surface area contributed by atoms with Gasteiger partial charge in [0.2, 0.25) is 0 Å². The Morgan fingerprint density at radius 2 is 1.83 bits per heavy atom. The van der Waals surface area contributed by atoms with Crippen molar-refractivity contribution in [3.8, 4) is 5.75 Å². The van der Waals surface area contributed by atoms with Crippen LogP contribution in [0.1, 0.15) is 16.6 Å². The fraction of sp³-hybridized carbons (Fsp3) is 0.316. The molecule has 4 nitrogen and oxygen atoms in total. The number of methoxy groups -OCH3 is 1. The van der Waals surface area contributed by atoms with Crippen molar-refractivity contribution in [1.29, 1.82) is 0 Å². The van der Waals surface area contributed by atoms with Gasteiger partial charge in [-0.3, -0.25) is 4.90 Å². The van der Waals surface area contributed by atoms with E-state index in [1.807, 2.05) is 12.1 Å². The summed E-state index contributed by atoms with van der Waals surface area (Å²) in [5, 5.41) is 4.58. The van der Waals surface area contributed by atoms with Gasteiger partial charge < -0.3 is 10.1 Å². The van der Waals surface area contributed by atoms with Crippen molar-refractivity contribution in [3.63, 3.8) is 0 Å². The normalized spacial score (nSPS) is 17.0. The Kier molecular flexibility index (Phi) is 4.47. The van der Waals surface area contributed by atoms with E-state index in [9.17, 15) is 0 Å². The first kappa shape index (κ1) is 15.6. The molecule has 2 aromatic carbocycles. The number of benzene rings is 2. The second-order valence-corrected chi connectivity index (χ2v) is 7.01. The van der Waals surface area contributed by atoms with Gasteiger partial charge in [0, 0.05) is 31.7 Å². The molecule has 124 valence electrons. The molecular formula is C19H21N3OS. The van der Waals surface area contributed by atoms with E-state index in [0.29, 0.717) is 0 Å². The molecule has 2 heterocycles. The predicted octanol–water partition coefficient (Wildman–Crippen LogP) is 3.30. The summed E-state index contributed by atoms with van der Waals surface area (Å²) in [4.78, 5) is 7.45. The van der Waals surface area contributed by atoms with Gasteiger partial charge in [0.25, 0.3) is 0 Å². The molecule has 1 aliphatic rings. The lowest BCUT2D eigenvalue weighted by Crippen LogP contribution is -2.45. The molecule has 5 heteroatoms. The highest BCUT2D eigenvalue weighted by Gasteiger charge is 2.28. The summed E-state index contributed by atoms with van der Waals surface area (Å²) in [6.07, 6.45) is 0. The molecular weight excluding hydrogens is 318 g/mol. The highest BCUT2D eigenvalue weighted by atomic mass is 32.1. The maximum atomic E-state index is 5.65. The summed E-state index contributed by atoms with van der Waals surface area (Å²) in [5.74, 6) is 0.931. The zero-order chi connectivity index (χ0) is 16.4. The quantitative estimate of drug-likeness (QED) is 0.791. The number of piperazine rings is 1. The number of hydrogen-bond acceptors (Lipinski definition) is 5. The van der Waals surface area contributed by atoms with Crippen LogP contribution in [0.4, 0.5) is 0 Å². The molecule has 3 aromatic rings. The molecule has 0 bridgehead atoms. The van der Waals surface area contributed by atoms with E-state index in [4.69, 9.17) is 9.72 Å². The number of nitrogens with zero attached hydrogens (tertiary/aromatic N) is 2. The third-order valence-corrected chi connectivity index (χ3v) is 5.58. The first-order valence-electron chi connectivity index (χ1n) is 8.30. The van der Waals surface area contributed by atoms with Gasteiger partial charge in [-0.25, -0.2) is 4.98 Å². The summed E-state index contributed by atoms with van der Waals surface area (Å²) in [6.45, 7) is 4.05. The van der Waals surface area contributed by atoms with Crippen LogP contribution in [0.2, 0.25) is 0 Å². The van der Waals surface area contributed by atoms with Gasteiger partial charge in [-0.05, 0) is 18.2 Å². The maximum absolute atomic E-state index is 5.65. The molecule has 0 radical (unpaired) electrons. The minimum absolute atomic E-state index is 0.139. The summed E-state index contributed by atoms with van der Waals surface area (Å²) in [7, 11) is 1.74. The van der Waals surface area contributed by atoms with Gasteiger partial charge in [0.1, 0.15) is 10.8 Å². The second-order valence-electron chi connectivity index (χ2n) is 5.95. The molecule has 4 rings (SSSR count). The average molecular weight is 339 g/mol. The lowest BCUT2D eigenvalue weighted by molar-refractivity contribution is 0.195. The summed E-state index contributed by atoms with van der Waals surface area (Å²) in [6, 6.07) is 16.8. The Morgan fingerprint density at radius 3 is 2.62 bits per heavy atom. The number of ether oxygens (including phenoxy) is 1. The van der Waals surface area contributed by atoms with E-state index >= 15 is 0 Å². The van der Waals surface area contributed by atoms with Crippen molar-refractivity contribution in [2.45, 2.75) is 6.04 Å². The number of para-hydroxylation sites is 2. The van der Waals surface area contributed by atoms with E-state index in [0.717, 1.165) is 42.5 Å². The van der Waals surface area contributed by atoms with E-state index in [1.54, 1.807) is 18.4 Å². The van der Waals surface area contributed by atoms with E-state index in [1.165, 1.54) is 10.3 Å². The first-order chi connectivity index (χ1) is 11.9. The van der Waals surface area contributed by atoms with Crippen molar-refractivity contribution in [3.05, 3.63) is 59.1 Å². The SMILES string of the molecule is COc1ccccc1C(c1nc2ccccc2s1)N1CCNCC1. The van der Waals surface area contributed by atoms with Crippen LogP contribution >= 0.6 is 11.3 Å². The molecule has 1 saturated heterocycles. The van der Waals surface area contributed by atoms with E-state index in [-0.39, 0.29) is 6.04 Å². The van der Waals surface area contributed by atoms with Crippen LogP contribution in [0, 0.1) is 0 Å². The molecule has 1 fully saturated rings. The first-order valence-corrected chi connectivity index (χ1v) is 9.11. The fourth-order valence-electron chi connectivity index (χ4n) is 3.33. The lowest BCUT2D eigenvalue weighted by Gasteiger charge is -2.34. The van der Waals surface area contributed by atoms with Gasteiger partial charge in [0.15, 0.2) is 0 Å². The highest BCUT2D eigenvalue weighted by Crippen LogP contribution is 2.38. The number of nitrogens with one attached hydrogen (secondary N) is 1. The monoisotopic (exact) mass is 339 g/mol. The van der Waals surface area contributed by atoms with Crippen LogP contribution < -0.4 is 10.1 Å². The summed E-state index contributed by atoms with van der Waals surface area (Å²) >= 11 is 1.78. The topological polar surface area (TPSA) is 37.4 Å². The van der Waals surface area contributed by atoms with Crippen LogP contribution in [0.15, 0.2) is 48.5 Å². The van der Waals surface area contributed by atoms with Crippen LogP contribution in [0.5, 0.6) is 5.75 Å². The molecule has 1 aliphatic heterocycles. The minimum Gasteiger partial charge on any atom is -0.496 e. The van der Waals surface area contributed by atoms with E-state index in [2.05, 4.69) is 46.6 Å². The smallest absolute Gasteiger partial charge is 0.124 e. The van der Waals surface area contributed by atoms with Crippen LogP contribution in [0.25, 0.3) is 10.2 Å². The Bertz CT molecular complexity index is 793.